The lowest BCUT2D eigenvalue weighted by atomic mass is 10.1. The van der Waals surface area contributed by atoms with Crippen molar-refractivity contribution in [3.63, 3.8) is 0 Å². The summed E-state index contributed by atoms with van der Waals surface area (Å²) in [5.41, 5.74) is 2.22. The second-order valence-electron chi connectivity index (χ2n) is 4.30. The van der Waals surface area contributed by atoms with Crippen molar-refractivity contribution >= 4 is 50.4 Å². The Morgan fingerprint density at radius 3 is 2.70 bits per heavy atom. The van der Waals surface area contributed by atoms with Gasteiger partial charge in [-0.15, -0.1) is 27.2 Å². The molecule has 0 amide bonds. The van der Waals surface area contributed by atoms with Crippen LogP contribution in [0.1, 0.15) is 24.7 Å². The first-order valence-electron chi connectivity index (χ1n) is 6.19. The van der Waals surface area contributed by atoms with E-state index in [0.717, 1.165) is 45.3 Å². The van der Waals surface area contributed by atoms with Crippen LogP contribution in [0.3, 0.4) is 0 Å². The van der Waals surface area contributed by atoms with Crippen molar-refractivity contribution in [1.82, 2.24) is 14.9 Å². The Balaban J connectivity index is 0.00000147. The highest BCUT2D eigenvalue weighted by molar-refractivity contribution is 9.10. The maximum absolute atomic E-state index is 4.70. The molecule has 0 saturated heterocycles. The molecule has 2 heterocycles. The molecule has 1 aliphatic rings. The standard InChI is InChI=1S/C13H13BrN4S.BrH/c1-2-3-12-15-16-13-18(12)17-11(8-19-13)9-4-6-10(14)7-5-9;/h4-7H,2-3,8H2,1H3;1H. The average Bonchev–Trinajstić information content (AvgIpc) is 2.83. The number of aromatic nitrogens is 3. The Bertz CT molecular complexity index is 622. The lowest BCUT2D eigenvalue weighted by Gasteiger charge is -2.13. The molecule has 3 rings (SSSR count). The normalized spacial score (nSPS) is 13.4. The van der Waals surface area contributed by atoms with Crippen molar-refractivity contribution in [3.8, 4) is 0 Å². The minimum Gasteiger partial charge on any atom is -0.191 e. The molecule has 106 valence electrons. The molecule has 1 aliphatic heterocycles. The van der Waals surface area contributed by atoms with E-state index in [2.05, 4.69) is 45.2 Å². The third-order valence-corrected chi connectivity index (χ3v) is 4.35. The van der Waals surface area contributed by atoms with Crippen molar-refractivity contribution in [1.29, 1.82) is 0 Å². The second-order valence-corrected chi connectivity index (χ2v) is 6.16. The number of fused-ring (bicyclic) bond motifs is 1. The summed E-state index contributed by atoms with van der Waals surface area (Å²) in [4.78, 5) is 0. The van der Waals surface area contributed by atoms with E-state index in [9.17, 15) is 0 Å². The van der Waals surface area contributed by atoms with Crippen LogP contribution in [0.15, 0.2) is 39.0 Å². The number of aryl methyl sites for hydroxylation is 1. The Morgan fingerprint density at radius 2 is 2.00 bits per heavy atom. The molecule has 0 spiro atoms. The summed E-state index contributed by atoms with van der Waals surface area (Å²) in [7, 11) is 0. The van der Waals surface area contributed by atoms with Gasteiger partial charge in [0.15, 0.2) is 5.82 Å². The highest BCUT2D eigenvalue weighted by atomic mass is 79.9. The van der Waals surface area contributed by atoms with E-state index >= 15 is 0 Å². The molecule has 20 heavy (non-hydrogen) atoms. The first-order chi connectivity index (χ1) is 9.28. The summed E-state index contributed by atoms with van der Waals surface area (Å²) in [6, 6.07) is 8.24. The summed E-state index contributed by atoms with van der Waals surface area (Å²) >= 11 is 5.14. The van der Waals surface area contributed by atoms with E-state index < -0.39 is 0 Å². The third-order valence-electron chi connectivity index (χ3n) is 2.89. The van der Waals surface area contributed by atoms with Crippen LogP contribution in [0.2, 0.25) is 0 Å². The van der Waals surface area contributed by atoms with E-state index in [1.807, 2.05) is 16.8 Å². The maximum atomic E-state index is 4.70. The lowest BCUT2D eigenvalue weighted by Crippen LogP contribution is -2.14. The summed E-state index contributed by atoms with van der Waals surface area (Å²) < 4.78 is 2.96. The quantitative estimate of drug-likeness (QED) is 0.759. The topological polar surface area (TPSA) is 43.1 Å². The van der Waals surface area contributed by atoms with E-state index in [0.29, 0.717) is 0 Å². The highest BCUT2D eigenvalue weighted by Gasteiger charge is 2.19. The summed E-state index contributed by atoms with van der Waals surface area (Å²) in [5, 5.41) is 14.0. The molecule has 4 nitrogen and oxygen atoms in total. The third kappa shape index (κ3) is 3.15. The van der Waals surface area contributed by atoms with Gasteiger partial charge < -0.3 is 0 Å². The second kappa shape index (κ2) is 6.87. The molecule has 0 atom stereocenters. The predicted molar refractivity (Wildman–Crippen MR) is 91.1 cm³/mol. The van der Waals surface area contributed by atoms with E-state index in [1.165, 1.54) is 0 Å². The molecular formula is C13H14Br2N4S. The number of nitrogens with zero attached hydrogens (tertiary/aromatic N) is 4. The first-order valence-corrected chi connectivity index (χ1v) is 7.96. The number of hydrogen-bond acceptors (Lipinski definition) is 4. The van der Waals surface area contributed by atoms with Crippen LogP contribution < -0.4 is 0 Å². The Morgan fingerprint density at radius 1 is 1.25 bits per heavy atom. The molecule has 0 saturated carbocycles. The maximum Gasteiger partial charge on any atom is 0.212 e. The zero-order chi connectivity index (χ0) is 13.2. The fourth-order valence-electron chi connectivity index (χ4n) is 1.93. The van der Waals surface area contributed by atoms with Gasteiger partial charge in [-0.1, -0.05) is 46.7 Å². The first kappa shape index (κ1) is 15.7. The van der Waals surface area contributed by atoms with E-state index in [1.54, 1.807) is 11.8 Å². The van der Waals surface area contributed by atoms with Crippen LogP contribution in [0.4, 0.5) is 0 Å². The minimum atomic E-state index is 0. The highest BCUT2D eigenvalue weighted by Crippen LogP contribution is 2.24. The Kier molecular flexibility index (Phi) is 5.40. The van der Waals surface area contributed by atoms with Crippen LogP contribution in [-0.2, 0) is 6.42 Å². The van der Waals surface area contributed by atoms with Gasteiger partial charge in [0.2, 0.25) is 5.16 Å². The van der Waals surface area contributed by atoms with Crippen LogP contribution in [0.5, 0.6) is 0 Å². The van der Waals surface area contributed by atoms with Crippen molar-refractivity contribution in [3.05, 3.63) is 40.1 Å². The summed E-state index contributed by atoms with van der Waals surface area (Å²) in [5.74, 6) is 1.78. The van der Waals surface area contributed by atoms with Gasteiger partial charge >= 0.3 is 0 Å². The molecule has 7 heteroatoms. The van der Waals surface area contributed by atoms with Gasteiger partial charge in [-0.3, -0.25) is 0 Å². The number of rotatable bonds is 3. The summed E-state index contributed by atoms with van der Waals surface area (Å²) in [6.07, 6.45) is 1.95. The number of thioether (sulfide) groups is 1. The molecule has 0 fully saturated rings. The number of hydrogen-bond donors (Lipinski definition) is 0. The van der Waals surface area contributed by atoms with Gasteiger partial charge in [0.1, 0.15) is 0 Å². The van der Waals surface area contributed by atoms with Gasteiger partial charge in [-0.25, -0.2) is 0 Å². The zero-order valence-electron chi connectivity index (χ0n) is 10.9. The Labute approximate surface area is 141 Å². The molecule has 0 unspecified atom stereocenters. The van der Waals surface area contributed by atoms with Crippen molar-refractivity contribution in [2.45, 2.75) is 24.9 Å². The van der Waals surface area contributed by atoms with Crippen LogP contribution in [-0.4, -0.2) is 26.3 Å². The van der Waals surface area contributed by atoms with Crippen molar-refractivity contribution in [2.24, 2.45) is 5.10 Å². The molecule has 0 N–H and O–H groups in total. The van der Waals surface area contributed by atoms with Gasteiger partial charge in [0.25, 0.3) is 0 Å². The molecule has 0 radical (unpaired) electrons. The lowest BCUT2D eigenvalue weighted by molar-refractivity contribution is 0.693. The molecule has 0 aliphatic carbocycles. The number of halogens is 2. The average molecular weight is 418 g/mol. The fourth-order valence-corrected chi connectivity index (χ4v) is 3.05. The van der Waals surface area contributed by atoms with E-state index in [-0.39, 0.29) is 17.0 Å². The smallest absolute Gasteiger partial charge is 0.191 e. The molecule has 1 aromatic carbocycles. The van der Waals surface area contributed by atoms with Crippen LogP contribution in [0, 0.1) is 0 Å². The van der Waals surface area contributed by atoms with E-state index in [4.69, 9.17) is 5.10 Å². The fraction of sp³-hybridized carbons (Fsp3) is 0.308. The minimum absolute atomic E-state index is 0. The van der Waals surface area contributed by atoms with Gasteiger partial charge in [-0.05, 0) is 24.1 Å². The van der Waals surface area contributed by atoms with Gasteiger partial charge in [-0.2, -0.15) is 9.78 Å². The van der Waals surface area contributed by atoms with Gasteiger partial charge in [0, 0.05) is 16.6 Å². The number of benzene rings is 1. The molecule has 2 aromatic rings. The molecule has 0 bridgehead atoms. The van der Waals surface area contributed by atoms with Gasteiger partial charge in [0.05, 0.1) is 5.71 Å². The predicted octanol–water partition coefficient (Wildman–Crippen LogP) is 3.93. The van der Waals surface area contributed by atoms with Crippen LogP contribution in [0.25, 0.3) is 0 Å². The van der Waals surface area contributed by atoms with Crippen molar-refractivity contribution < 1.29 is 0 Å². The molecular weight excluding hydrogens is 404 g/mol. The summed E-state index contributed by atoms with van der Waals surface area (Å²) in [6.45, 7) is 2.14. The zero-order valence-corrected chi connectivity index (χ0v) is 15.0. The largest absolute Gasteiger partial charge is 0.212 e. The van der Waals surface area contributed by atoms with Crippen LogP contribution >= 0.6 is 44.7 Å². The SMILES string of the molecule is Br.CCCc1nnc2n1N=C(c1ccc(Br)cc1)CS2. The molecule has 1 aromatic heterocycles. The van der Waals surface area contributed by atoms with Crippen molar-refractivity contribution in [2.75, 3.05) is 5.75 Å². The Hall–Kier alpha value is -0.660. The monoisotopic (exact) mass is 416 g/mol.